The van der Waals surface area contributed by atoms with E-state index in [4.69, 9.17) is 0 Å². The van der Waals surface area contributed by atoms with Crippen LogP contribution in [0.5, 0.6) is 0 Å². The van der Waals surface area contributed by atoms with Gasteiger partial charge in [-0.15, -0.1) is 6.58 Å². The van der Waals surface area contributed by atoms with Gasteiger partial charge in [-0.05, 0) is 49.2 Å². The monoisotopic (exact) mass is 424 g/mol. The molecule has 1 aliphatic rings. The van der Waals surface area contributed by atoms with Gasteiger partial charge in [0.1, 0.15) is 0 Å². The maximum Gasteiger partial charge on any atom is 0.416 e. The Morgan fingerprint density at radius 1 is 1.17 bits per heavy atom. The smallest absolute Gasteiger partial charge is 0.349 e. The number of nitrogens with zero attached hydrogens (tertiary/aromatic N) is 1. The highest BCUT2D eigenvalue weighted by Crippen LogP contribution is 2.33. The summed E-state index contributed by atoms with van der Waals surface area (Å²) in [6.07, 6.45) is -1.57. The molecule has 1 N–H and O–H groups in total. The Kier molecular flexibility index (Phi) is 5.70. The van der Waals surface area contributed by atoms with Crippen LogP contribution in [0.4, 0.5) is 18.9 Å². The molecule has 5 nitrogen and oxygen atoms in total. The summed E-state index contributed by atoms with van der Waals surface area (Å²) in [5.41, 5.74) is -0.940. The van der Waals surface area contributed by atoms with Crippen LogP contribution < -0.4 is 9.62 Å². The Morgan fingerprint density at radius 3 is 2.48 bits per heavy atom. The van der Waals surface area contributed by atoms with Gasteiger partial charge in [0, 0.05) is 11.6 Å². The number of rotatable bonds is 7. The topological polar surface area (TPSA) is 66.5 Å². The predicted octanol–water partition coefficient (Wildman–Crippen LogP) is 3.98. The summed E-state index contributed by atoms with van der Waals surface area (Å²) < 4.78 is 66.3. The lowest BCUT2D eigenvalue weighted by molar-refractivity contribution is -0.137. The molecule has 1 amide bonds. The van der Waals surface area contributed by atoms with Crippen molar-refractivity contribution in [2.24, 2.45) is 0 Å². The lowest BCUT2D eigenvalue weighted by Gasteiger charge is -2.24. The van der Waals surface area contributed by atoms with E-state index in [1.165, 1.54) is 36.4 Å². The molecule has 0 atom stereocenters. The van der Waals surface area contributed by atoms with Crippen LogP contribution in [0.15, 0.2) is 66.1 Å². The minimum Gasteiger partial charge on any atom is -0.349 e. The van der Waals surface area contributed by atoms with Gasteiger partial charge in [-0.1, -0.05) is 18.2 Å². The van der Waals surface area contributed by atoms with Crippen LogP contribution in [0.2, 0.25) is 0 Å². The molecule has 29 heavy (non-hydrogen) atoms. The molecule has 0 heterocycles. The quantitative estimate of drug-likeness (QED) is 0.684. The summed E-state index contributed by atoms with van der Waals surface area (Å²) in [4.78, 5) is 12.0. The van der Waals surface area contributed by atoms with Gasteiger partial charge in [0.25, 0.3) is 15.9 Å². The van der Waals surface area contributed by atoms with E-state index in [2.05, 4.69) is 11.9 Å². The van der Waals surface area contributed by atoms with Crippen LogP contribution in [0, 0.1) is 0 Å². The van der Waals surface area contributed by atoms with Gasteiger partial charge in [0.05, 0.1) is 22.7 Å². The van der Waals surface area contributed by atoms with Crippen molar-refractivity contribution in [3.8, 4) is 0 Å². The van der Waals surface area contributed by atoms with Crippen LogP contribution in [0.1, 0.15) is 28.8 Å². The average molecular weight is 424 g/mol. The molecule has 0 unspecified atom stereocenters. The molecule has 154 valence electrons. The highest BCUT2D eigenvalue weighted by molar-refractivity contribution is 7.92. The minimum absolute atomic E-state index is 0.102. The fraction of sp³-hybridized carbons (Fsp3) is 0.250. The summed E-state index contributed by atoms with van der Waals surface area (Å²) >= 11 is 0. The van der Waals surface area contributed by atoms with Crippen LogP contribution in [-0.4, -0.2) is 26.9 Å². The number of sulfonamides is 1. The number of benzene rings is 2. The van der Waals surface area contributed by atoms with E-state index in [0.717, 1.165) is 35.3 Å². The van der Waals surface area contributed by atoms with Crippen molar-refractivity contribution in [2.45, 2.75) is 30.0 Å². The van der Waals surface area contributed by atoms with Gasteiger partial charge in [0.2, 0.25) is 0 Å². The van der Waals surface area contributed by atoms with E-state index in [-0.39, 0.29) is 34.6 Å². The molecule has 3 rings (SSSR count). The van der Waals surface area contributed by atoms with Crippen LogP contribution in [0.25, 0.3) is 0 Å². The number of carbonyl (C=O) groups excluding carboxylic acids is 1. The SMILES string of the molecule is C=CCN(c1cccc(C(F)(F)F)c1)S(=O)(=O)c1cccc(C(=O)NC2CC2)c1. The van der Waals surface area contributed by atoms with Gasteiger partial charge >= 0.3 is 6.18 Å². The van der Waals surface area contributed by atoms with Crippen LogP contribution in [0.3, 0.4) is 0 Å². The van der Waals surface area contributed by atoms with E-state index in [9.17, 15) is 26.4 Å². The van der Waals surface area contributed by atoms with E-state index < -0.39 is 21.8 Å². The first kappa shape index (κ1) is 20.9. The molecule has 2 aromatic rings. The minimum atomic E-state index is -4.61. The van der Waals surface area contributed by atoms with Gasteiger partial charge in [0.15, 0.2) is 0 Å². The third kappa shape index (κ3) is 4.79. The second-order valence-corrected chi connectivity index (χ2v) is 8.51. The maximum absolute atomic E-state index is 13.2. The average Bonchev–Trinajstić information content (AvgIpc) is 3.49. The maximum atomic E-state index is 13.2. The number of nitrogens with one attached hydrogen (secondary N) is 1. The van der Waals surface area contributed by atoms with Crippen molar-refractivity contribution in [1.29, 1.82) is 0 Å². The lowest BCUT2D eigenvalue weighted by Crippen LogP contribution is -2.32. The van der Waals surface area contributed by atoms with E-state index in [1.807, 2.05) is 0 Å². The highest BCUT2D eigenvalue weighted by Gasteiger charge is 2.32. The number of alkyl halides is 3. The van der Waals surface area contributed by atoms with E-state index in [1.54, 1.807) is 0 Å². The fourth-order valence-corrected chi connectivity index (χ4v) is 4.19. The Labute approximate surface area is 166 Å². The first-order valence-corrected chi connectivity index (χ1v) is 10.3. The summed E-state index contributed by atoms with van der Waals surface area (Å²) in [6, 6.07) is 9.58. The molecule has 2 aromatic carbocycles. The Morgan fingerprint density at radius 2 is 1.86 bits per heavy atom. The molecule has 0 spiro atoms. The Bertz CT molecular complexity index is 1030. The van der Waals surface area contributed by atoms with Crippen LogP contribution >= 0.6 is 0 Å². The third-order valence-corrected chi connectivity index (χ3v) is 6.14. The predicted molar refractivity (Wildman–Crippen MR) is 103 cm³/mol. The molecule has 1 fully saturated rings. The number of amides is 1. The molecule has 0 radical (unpaired) electrons. The summed E-state index contributed by atoms with van der Waals surface area (Å²) in [6.45, 7) is 3.26. The van der Waals surface area contributed by atoms with Crippen molar-refractivity contribution in [1.82, 2.24) is 5.32 Å². The van der Waals surface area contributed by atoms with Crippen molar-refractivity contribution < 1.29 is 26.4 Å². The number of anilines is 1. The molecule has 1 aliphatic carbocycles. The number of hydrogen-bond acceptors (Lipinski definition) is 3. The zero-order chi connectivity index (χ0) is 21.2. The van der Waals surface area contributed by atoms with Crippen molar-refractivity contribution >= 4 is 21.6 Å². The van der Waals surface area contributed by atoms with E-state index in [0.29, 0.717) is 0 Å². The molecular weight excluding hydrogens is 405 g/mol. The second kappa shape index (κ2) is 7.90. The zero-order valence-electron chi connectivity index (χ0n) is 15.3. The molecule has 1 saturated carbocycles. The van der Waals surface area contributed by atoms with E-state index >= 15 is 0 Å². The number of halogens is 3. The first-order chi connectivity index (χ1) is 13.6. The summed E-state index contributed by atoms with van der Waals surface area (Å²) in [5, 5.41) is 2.77. The zero-order valence-corrected chi connectivity index (χ0v) is 16.1. The largest absolute Gasteiger partial charge is 0.416 e. The van der Waals surface area contributed by atoms with Gasteiger partial charge in [-0.25, -0.2) is 8.42 Å². The lowest BCUT2D eigenvalue weighted by atomic mass is 10.2. The van der Waals surface area contributed by atoms with Gasteiger partial charge in [-0.3, -0.25) is 9.10 Å². The molecule has 0 saturated heterocycles. The van der Waals surface area contributed by atoms with Gasteiger partial charge < -0.3 is 5.32 Å². The molecular formula is C20H19F3N2O3S. The summed E-state index contributed by atoms with van der Waals surface area (Å²) in [5.74, 6) is -0.390. The Hall–Kier alpha value is -2.81. The molecule has 0 bridgehead atoms. The fourth-order valence-electron chi connectivity index (χ4n) is 2.72. The normalized spacial score (nSPS) is 14.3. The molecule has 0 aromatic heterocycles. The highest BCUT2D eigenvalue weighted by atomic mass is 32.2. The molecule has 9 heteroatoms. The van der Waals surface area contributed by atoms with Gasteiger partial charge in [-0.2, -0.15) is 13.2 Å². The first-order valence-electron chi connectivity index (χ1n) is 8.85. The van der Waals surface area contributed by atoms with Crippen LogP contribution in [-0.2, 0) is 16.2 Å². The molecule has 0 aliphatic heterocycles. The Balaban J connectivity index is 1.98. The van der Waals surface area contributed by atoms with Crippen molar-refractivity contribution in [3.63, 3.8) is 0 Å². The second-order valence-electron chi connectivity index (χ2n) is 6.65. The number of hydrogen-bond donors (Lipinski definition) is 1. The number of carbonyl (C=O) groups is 1. The third-order valence-electron chi connectivity index (χ3n) is 4.35. The summed E-state index contributed by atoms with van der Waals surface area (Å²) in [7, 11) is -4.23. The van der Waals surface area contributed by atoms with Crippen molar-refractivity contribution in [2.75, 3.05) is 10.8 Å². The standard InChI is InChI=1S/C20H19F3N2O3S/c1-2-11-25(17-7-4-6-15(13-17)20(21,22)23)29(27,28)18-8-3-5-14(12-18)19(26)24-16-9-10-16/h2-8,12-13,16H,1,9-11H2,(H,24,26). The van der Waals surface area contributed by atoms with Crippen molar-refractivity contribution in [3.05, 3.63) is 72.3 Å².